The third-order valence-corrected chi connectivity index (χ3v) is 5.24. The molecule has 2 aliphatic rings. The van der Waals surface area contributed by atoms with Crippen molar-refractivity contribution in [1.29, 1.82) is 0 Å². The van der Waals surface area contributed by atoms with Crippen LogP contribution >= 0.6 is 23.2 Å². The maximum absolute atomic E-state index is 13.1. The average Bonchev–Trinajstić information content (AvgIpc) is 2.89. The molecule has 6 nitrogen and oxygen atoms in total. The van der Waals surface area contributed by atoms with E-state index in [1.807, 2.05) is 7.05 Å². The number of carboxylic acid groups (broad SMARTS) is 1. The van der Waals surface area contributed by atoms with E-state index in [4.69, 9.17) is 27.9 Å². The Balaban J connectivity index is 1.98. The van der Waals surface area contributed by atoms with Gasteiger partial charge >= 0.3 is 5.97 Å². The molecule has 1 atom stereocenters. The highest BCUT2D eigenvalue weighted by atomic mass is 35.5. The number of halogens is 2. The number of amides is 1. The number of ether oxygens (including phenoxy) is 1. The van der Waals surface area contributed by atoms with Crippen molar-refractivity contribution in [3.8, 4) is 0 Å². The Morgan fingerprint density at radius 1 is 1.29 bits per heavy atom. The summed E-state index contributed by atoms with van der Waals surface area (Å²) in [5, 5.41) is 10.1. The molecular weight excluding hydrogens is 355 g/mol. The first-order valence-electron chi connectivity index (χ1n) is 7.68. The summed E-state index contributed by atoms with van der Waals surface area (Å²) in [5.41, 5.74) is -0.661. The van der Waals surface area contributed by atoms with Crippen molar-refractivity contribution in [1.82, 2.24) is 9.80 Å². The topological polar surface area (TPSA) is 70.1 Å². The number of rotatable bonds is 2. The number of carboxylic acids is 1. The standard InChI is InChI=1S/C16H18Cl2N2O4/c1-19-6-4-16(5-7-19)20(13(9-24-16)15(22)23)14(21)11-3-2-10(17)8-12(11)18/h2-3,8,13H,4-7,9H2,1H3,(H,22,23)/t13-/m0/s1. The largest absolute Gasteiger partial charge is 0.480 e. The Bertz CT molecular complexity index is 674. The lowest BCUT2D eigenvalue weighted by Crippen LogP contribution is -2.57. The van der Waals surface area contributed by atoms with Gasteiger partial charge in [-0.2, -0.15) is 0 Å². The van der Waals surface area contributed by atoms with Crippen molar-refractivity contribution in [2.24, 2.45) is 0 Å². The molecule has 3 rings (SSSR count). The molecule has 1 N–H and O–H groups in total. The summed E-state index contributed by atoms with van der Waals surface area (Å²) < 4.78 is 5.85. The molecule has 0 radical (unpaired) electrons. The number of carbonyl (C=O) groups excluding carboxylic acids is 1. The predicted molar refractivity (Wildman–Crippen MR) is 89.5 cm³/mol. The minimum atomic E-state index is -1.08. The van der Waals surface area contributed by atoms with Crippen LogP contribution in [0.15, 0.2) is 18.2 Å². The first-order valence-corrected chi connectivity index (χ1v) is 8.44. The van der Waals surface area contributed by atoms with Crippen LogP contribution in [0.3, 0.4) is 0 Å². The van der Waals surface area contributed by atoms with Crippen LogP contribution in [0.4, 0.5) is 0 Å². The summed E-state index contributed by atoms with van der Waals surface area (Å²) in [4.78, 5) is 28.2. The van der Waals surface area contributed by atoms with Gasteiger partial charge in [0.2, 0.25) is 0 Å². The zero-order valence-electron chi connectivity index (χ0n) is 13.2. The van der Waals surface area contributed by atoms with Crippen LogP contribution in [-0.2, 0) is 9.53 Å². The monoisotopic (exact) mass is 372 g/mol. The highest BCUT2D eigenvalue weighted by molar-refractivity contribution is 6.36. The first-order chi connectivity index (χ1) is 11.3. The van der Waals surface area contributed by atoms with Gasteiger partial charge in [-0.25, -0.2) is 4.79 Å². The molecule has 1 aromatic carbocycles. The normalized spacial score (nSPS) is 23.6. The van der Waals surface area contributed by atoms with Gasteiger partial charge in [-0.05, 0) is 25.2 Å². The van der Waals surface area contributed by atoms with E-state index in [9.17, 15) is 14.7 Å². The fraction of sp³-hybridized carbons (Fsp3) is 0.500. The molecule has 2 saturated heterocycles. The van der Waals surface area contributed by atoms with E-state index in [2.05, 4.69) is 4.90 Å². The number of aliphatic carboxylic acids is 1. The molecule has 2 fully saturated rings. The van der Waals surface area contributed by atoms with Gasteiger partial charge in [0.25, 0.3) is 5.91 Å². The van der Waals surface area contributed by atoms with E-state index in [1.165, 1.54) is 17.0 Å². The molecule has 1 amide bonds. The van der Waals surface area contributed by atoms with Gasteiger partial charge in [0, 0.05) is 31.0 Å². The lowest BCUT2D eigenvalue weighted by molar-refractivity contribution is -0.143. The molecule has 0 saturated carbocycles. The van der Waals surface area contributed by atoms with Gasteiger partial charge in [0.15, 0.2) is 6.04 Å². The van der Waals surface area contributed by atoms with Gasteiger partial charge in [0.1, 0.15) is 5.72 Å². The molecule has 1 aromatic rings. The second kappa shape index (κ2) is 6.52. The average molecular weight is 373 g/mol. The Morgan fingerprint density at radius 3 is 2.54 bits per heavy atom. The third-order valence-electron chi connectivity index (χ3n) is 4.69. The molecule has 1 spiro atoms. The Kier molecular flexibility index (Phi) is 4.75. The van der Waals surface area contributed by atoms with Gasteiger partial charge in [-0.15, -0.1) is 0 Å². The molecule has 0 unspecified atom stereocenters. The van der Waals surface area contributed by atoms with Crippen LogP contribution in [0.5, 0.6) is 0 Å². The Labute approximate surface area is 149 Å². The zero-order chi connectivity index (χ0) is 17.5. The second-order valence-corrected chi connectivity index (χ2v) is 7.06. The van der Waals surface area contributed by atoms with E-state index < -0.39 is 23.6 Å². The van der Waals surface area contributed by atoms with Gasteiger partial charge in [-0.1, -0.05) is 23.2 Å². The molecule has 24 heavy (non-hydrogen) atoms. The maximum atomic E-state index is 13.1. The molecule has 130 valence electrons. The minimum Gasteiger partial charge on any atom is -0.480 e. The molecule has 8 heteroatoms. The molecule has 0 aliphatic carbocycles. The molecule has 0 bridgehead atoms. The number of hydrogen-bond donors (Lipinski definition) is 1. The van der Waals surface area contributed by atoms with Crippen molar-refractivity contribution in [3.63, 3.8) is 0 Å². The summed E-state index contributed by atoms with van der Waals surface area (Å²) in [6.45, 7) is 1.44. The van der Waals surface area contributed by atoms with Gasteiger partial charge < -0.3 is 14.7 Å². The molecular formula is C16H18Cl2N2O4. The summed E-state index contributed by atoms with van der Waals surface area (Å²) in [6.07, 6.45) is 1.12. The van der Waals surface area contributed by atoms with Crippen LogP contribution in [-0.4, -0.2) is 65.3 Å². The Morgan fingerprint density at radius 2 is 1.96 bits per heavy atom. The van der Waals surface area contributed by atoms with Crippen LogP contribution in [0.25, 0.3) is 0 Å². The molecule has 2 aliphatic heterocycles. The summed E-state index contributed by atoms with van der Waals surface area (Å²) in [5.74, 6) is -1.52. The number of piperidine rings is 1. The lowest BCUT2D eigenvalue weighted by Gasteiger charge is -2.43. The van der Waals surface area contributed by atoms with Crippen molar-refractivity contribution < 1.29 is 19.4 Å². The van der Waals surface area contributed by atoms with E-state index >= 15 is 0 Å². The lowest BCUT2D eigenvalue weighted by atomic mass is 9.97. The maximum Gasteiger partial charge on any atom is 0.328 e. The highest BCUT2D eigenvalue weighted by Gasteiger charge is 2.54. The van der Waals surface area contributed by atoms with Crippen LogP contribution < -0.4 is 0 Å². The second-order valence-electron chi connectivity index (χ2n) is 6.21. The summed E-state index contributed by atoms with van der Waals surface area (Å²) in [7, 11) is 1.98. The number of carbonyl (C=O) groups is 2. The number of likely N-dealkylation sites (tertiary alicyclic amines) is 1. The Hall–Kier alpha value is -1.34. The van der Waals surface area contributed by atoms with Crippen LogP contribution in [0.1, 0.15) is 23.2 Å². The number of hydrogen-bond acceptors (Lipinski definition) is 4. The summed E-state index contributed by atoms with van der Waals surface area (Å²) in [6, 6.07) is 3.54. The van der Waals surface area contributed by atoms with E-state index in [0.29, 0.717) is 17.9 Å². The fourth-order valence-electron chi connectivity index (χ4n) is 3.32. The van der Waals surface area contributed by atoms with Crippen LogP contribution in [0, 0.1) is 0 Å². The van der Waals surface area contributed by atoms with E-state index in [0.717, 1.165) is 13.1 Å². The summed E-state index contributed by atoms with van der Waals surface area (Å²) >= 11 is 12.0. The van der Waals surface area contributed by atoms with E-state index in [1.54, 1.807) is 6.07 Å². The smallest absolute Gasteiger partial charge is 0.328 e. The van der Waals surface area contributed by atoms with Crippen molar-refractivity contribution >= 4 is 35.1 Å². The van der Waals surface area contributed by atoms with Gasteiger partial charge in [0.05, 0.1) is 17.2 Å². The van der Waals surface area contributed by atoms with Crippen molar-refractivity contribution in [2.45, 2.75) is 24.6 Å². The van der Waals surface area contributed by atoms with Crippen molar-refractivity contribution in [2.75, 3.05) is 26.7 Å². The predicted octanol–water partition coefficient (Wildman–Crippen LogP) is 2.34. The molecule has 2 heterocycles. The highest BCUT2D eigenvalue weighted by Crippen LogP contribution is 2.39. The van der Waals surface area contributed by atoms with E-state index in [-0.39, 0.29) is 17.2 Å². The van der Waals surface area contributed by atoms with Gasteiger partial charge in [-0.3, -0.25) is 9.69 Å². The van der Waals surface area contributed by atoms with Crippen molar-refractivity contribution in [3.05, 3.63) is 33.8 Å². The minimum absolute atomic E-state index is 0.0179. The third kappa shape index (κ3) is 2.99. The first kappa shape index (κ1) is 17.5. The quantitative estimate of drug-likeness (QED) is 0.862. The van der Waals surface area contributed by atoms with Crippen LogP contribution in [0.2, 0.25) is 10.0 Å². The fourth-order valence-corrected chi connectivity index (χ4v) is 3.81. The number of nitrogens with zero attached hydrogens (tertiary/aromatic N) is 2. The zero-order valence-corrected chi connectivity index (χ0v) is 14.7. The SMILES string of the molecule is CN1CCC2(CC1)OC[C@@H](C(=O)O)N2C(=O)c1ccc(Cl)cc1Cl. The molecule has 0 aromatic heterocycles. The number of benzene rings is 1.